The van der Waals surface area contributed by atoms with E-state index in [2.05, 4.69) is 29.1 Å². The standard InChI is InChI=1S/C12H18N4O.2ClH/c1-8-4-14-11(5-13-8)12(17)16-6-9(2)15-10(3)7-16;;/h4-5,9-10,15H,6-7H2,1-3H3;2*1H. The summed E-state index contributed by atoms with van der Waals surface area (Å²) in [7, 11) is 0. The lowest BCUT2D eigenvalue weighted by Gasteiger charge is -2.35. The highest BCUT2D eigenvalue weighted by Crippen LogP contribution is 2.08. The first-order chi connectivity index (χ1) is 8.06. The van der Waals surface area contributed by atoms with Gasteiger partial charge in [0.2, 0.25) is 0 Å². The summed E-state index contributed by atoms with van der Waals surface area (Å²) in [6, 6.07) is 0.641. The van der Waals surface area contributed by atoms with Gasteiger partial charge >= 0.3 is 0 Å². The molecule has 1 aromatic heterocycles. The fourth-order valence-corrected chi connectivity index (χ4v) is 2.16. The van der Waals surface area contributed by atoms with Gasteiger partial charge in [0.1, 0.15) is 5.69 Å². The van der Waals surface area contributed by atoms with Gasteiger partial charge in [-0.2, -0.15) is 0 Å². The third-order valence-electron chi connectivity index (χ3n) is 2.84. The van der Waals surface area contributed by atoms with Crippen molar-refractivity contribution in [1.82, 2.24) is 20.2 Å². The van der Waals surface area contributed by atoms with Gasteiger partial charge in [0.05, 0.1) is 11.9 Å². The van der Waals surface area contributed by atoms with Crippen LogP contribution in [0, 0.1) is 6.92 Å². The molecule has 7 heteroatoms. The van der Waals surface area contributed by atoms with Gasteiger partial charge in [-0.1, -0.05) is 0 Å². The molecule has 108 valence electrons. The Bertz CT molecular complexity index is 403. The predicted octanol–water partition coefficient (Wildman–Crippen LogP) is 1.45. The van der Waals surface area contributed by atoms with Crippen molar-refractivity contribution < 1.29 is 4.79 Å². The fraction of sp³-hybridized carbons (Fsp3) is 0.583. The molecule has 0 spiro atoms. The Morgan fingerprint density at radius 1 is 1.21 bits per heavy atom. The molecule has 2 unspecified atom stereocenters. The topological polar surface area (TPSA) is 58.1 Å². The van der Waals surface area contributed by atoms with E-state index < -0.39 is 0 Å². The van der Waals surface area contributed by atoms with E-state index in [0.29, 0.717) is 17.8 Å². The SMILES string of the molecule is Cc1cnc(C(=O)N2CC(C)NC(C)C2)cn1.Cl.Cl. The lowest BCUT2D eigenvalue weighted by Crippen LogP contribution is -2.55. The second kappa shape index (κ2) is 7.62. The summed E-state index contributed by atoms with van der Waals surface area (Å²) in [5.41, 5.74) is 1.25. The zero-order chi connectivity index (χ0) is 12.4. The summed E-state index contributed by atoms with van der Waals surface area (Å²) >= 11 is 0. The zero-order valence-electron chi connectivity index (χ0n) is 11.3. The molecule has 1 aliphatic rings. The van der Waals surface area contributed by atoms with E-state index in [-0.39, 0.29) is 30.7 Å². The number of piperazine rings is 1. The molecule has 0 bridgehead atoms. The lowest BCUT2D eigenvalue weighted by atomic mass is 10.1. The Labute approximate surface area is 126 Å². The van der Waals surface area contributed by atoms with Crippen LogP contribution in [0.3, 0.4) is 0 Å². The number of aryl methyl sites for hydroxylation is 1. The second-order valence-electron chi connectivity index (χ2n) is 4.72. The lowest BCUT2D eigenvalue weighted by molar-refractivity contribution is 0.0667. The van der Waals surface area contributed by atoms with E-state index in [4.69, 9.17) is 0 Å². The number of carbonyl (C=O) groups is 1. The average molecular weight is 307 g/mol. The largest absolute Gasteiger partial charge is 0.334 e. The van der Waals surface area contributed by atoms with Gasteiger partial charge in [0.25, 0.3) is 5.91 Å². The van der Waals surface area contributed by atoms with Crippen molar-refractivity contribution in [1.29, 1.82) is 0 Å². The molecule has 2 rings (SSSR count). The van der Waals surface area contributed by atoms with Gasteiger partial charge in [0, 0.05) is 31.4 Å². The Morgan fingerprint density at radius 2 is 1.79 bits per heavy atom. The van der Waals surface area contributed by atoms with Crippen LogP contribution in [0.1, 0.15) is 30.0 Å². The van der Waals surface area contributed by atoms with E-state index in [1.54, 1.807) is 12.4 Å². The highest BCUT2D eigenvalue weighted by molar-refractivity contribution is 5.92. The fourth-order valence-electron chi connectivity index (χ4n) is 2.16. The number of hydrogen-bond donors (Lipinski definition) is 1. The summed E-state index contributed by atoms with van der Waals surface area (Å²) in [6.07, 6.45) is 3.18. The van der Waals surface area contributed by atoms with Gasteiger partial charge in [-0.15, -0.1) is 24.8 Å². The molecule has 2 atom stereocenters. The van der Waals surface area contributed by atoms with E-state index in [0.717, 1.165) is 18.8 Å². The third-order valence-corrected chi connectivity index (χ3v) is 2.84. The molecule has 1 aliphatic heterocycles. The normalized spacial score (nSPS) is 22.2. The number of amides is 1. The Morgan fingerprint density at radius 3 is 2.26 bits per heavy atom. The molecule has 0 aliphatic carbocycles. The predicted molar refractivity (Wildman–Crippen MR) is 79.2 cm³/mol. The molecule has 1 aromatic rings. The molecule has 5 nitrogen and oxygen atoms in total. The van der Waals surface area contributed by atoms with Crippen molar-refractivity contribution >= 4 is 30.7 Å². The monoisotopic (exact) mass is 306 g/mol. The van der Waals surface area contributed by atoms with Crippen LogP contribution >= 0.6 is 24.8 Å². The van der Waals surface area contributed by atoms with Crippen molar-refractivity contribution in [3.63, 3.8) is 0 Å². The number of nitrogens with one attached hydrogen (secondary N) is 1. The quantitative estimate of drug-likeness (QED) is 0.853. The number of halogens is 2. The van der Waals surface area contributed by atoms with Crippen LogP contribution in [-0.2, 0) is 0 Å². The Hall–Kier alpha value is -0.910. The van der Waals surface area contributed by atoms with Gasteiger partial charge in [-0.25, -0.2) is 4.98 Å². The van der Waals surface area contributed by atoms with Crippen LogP contribution in [0.4, 0.5) is 0 Å². The van der Waals surface area contributed by atoms with Gasteiger partial charge in [-0.3, -0.25) is 9.78 Å². The molecule has 1 fully saturated rings. The van der Waals surface area contributed by atoms with Crippen LogP contribution in [0.5, 0.6) is 0 Å². The number of nitrogens with zero attached hydrogens (tertiary/aromatic N) is 3. The van der Waals surface area contributed by atoms with Crippen molar-refractivity contribution in [2.24, 2.45) is 0 Å². The summed E-state index contributed by atoms with van der Waals surface area (Å²) in [4.78, 5) is 22.3. The first kappa shape index (κ1) is 18.1. The van der Waals surface area contributed by atoms with Crippen LogP contribution in [-0.4, -0.2) is 45.9 Å². The van der Waals surface area contributed by atoms with Crippen molar-refractivity contribution in [3.05, 3.63) is 23.8 Å². The number of hydrogen-bond acceptors (Lipinski definition) is 4. The molecule has 19 heavy (non-hydrogen) atoms. The second-order valence-corrected chi connectivity index (χ2v) is 4.72. The minimum atomic E-state index is -0.0299. The Balaban J connectivity index is 0.00000162. The van der Waals surface area contributed by atoms with Crippen molar-refractivity contribution in [3.8, 4) is 0 Å². The minimum Gasteiger partial charge on any atom is -0.334 e. The van der Waals surface area contributed by atoms with Gasteiger partial charge in [0.15, 0.2) is 0 Å². The van der Waals surface area contributed by atoms with Crippen LogP contribution in [0.15, 0.2) is 12.4 Å². The summed E-state index contributed by atoms with van der Waals surface area (Å²) in [5, 5.41) is 3.39. The highest BCUT2D eigenvalue weighted by Gasteiger charge is 2.26. The van der Waals surface area contributed by atoms with Gasteiger partial charge in [-0.05, 0) is 20.8 Å². The molecular weight excluding hydrogens is 287 g/mol. The van der Waals surface area contributed by atoms with Gasteiger partial charge < -0.3 is 10.2 Å². The van der Waals surface area contributed by atoms with Crippen molar-refractivity contribution in [2.75, 3.05) is 13.1 Å². The minimum absolute atomic E-state index is 0. The summed E-state index contributed by atoms with van der Waals surface area (Å²) in [6.45, 7) is 7.46. The molecule has 1 N–H and O–H groups in total. The maximum absolute atomic E-state index is 12.2. The molecule has 2 heterocycles. The van der Waals surface area contributed by atoms with E-state index in [1.807, 2.05) is 11.8 Å². The molecule has 0 radical (unpaired) electrons. The summed E-state index contributed by atoms with van der Waals surface area (Å²) < 4.78 is 0. The number of rotatable bonds is 1. The van der Waals surface area contributed by atoms with Crippen LogP contribution < -0.4 is 5.32 Å². The average Bonchev–Trinajstić information content (AvgIpc) is 2.28. The molecule has 0 aromatic carbocycles. The van der Waals surface area contributed by atoms with Crippen LogP contribution in [0.25, 0.3) is 0 Å². The number of aromatic nitrogens is 2. The molecule has 0 saturated carbocycles. The first-order valence-corrected chi connectivity index (χ1v) is 5.90. The summed E-state index contributed by atoms with van der Waals surface area (Å²) in [5.74, 6) is -0.0299. The molecule has 1 saturated heterocycles. The van der Waals surface area contributed by atoms with E-state index in [1.165, 1.54) is 0 Å². The number of carbonyl (C=O) groups excluding carboxylic acids is 1. The first-order valence-electron chi connectivity index (χ1n) is 5.90. The maximum Gasteiger partial charge on any atom is 0.274 e. The van der Waals surface area contributed by atoms with Crippen LogP contribution in [0.2, 0.25) is 0 Å². The highest BCUT2D eigenvalue weighted by atomic mass is 35.5. The Kier molecular flexibility index (Phi) is 7.26. The zero-order valence-corrected chi connectivity index (χ0v) is 12.9. The van der Waals surface area contributed by atoms with Crippen molar-refractivity contribution in [2.45, 2.75) is 32.9 Å². The molecular formula is C12H20Cl2N4O. The van der Waals surface area contributed by atoms with E-state index in [9.17, 15) is 4.79 Å². The third kappa shape index (κ3) is 4.60. The smallest absolute Gasteiger partial charge is 0.274 e. The maximum atomic E-state index is 12.2. The molecule has 1 amide bonds. The van der Waals surface area contributed by atoms with E-state index >= 15 is 0 Å².